The fourth-order valence-electron chi connectivity index (χ4n) is 3.15. The van der Waals surface area contributed by atoms with Gasteiger partial charge in [0, 0.05) is 12.3 Å². The van der Waals surface area contributed by atoms with E-state index in [1.54, 1.807) is 11.8 Å². The van der Waals surface area contributed by atoms with Crippen molar-refractivity contribution in [1.29, 1.82) is 0 Å². The topological polar surface area (TPSA) is 36.8 Å². The number of allylic oxidation sites excluding steroid dienone is 6. The van der Waals surface area contributed by atoms with Crippen LogP contribution < -0.4 is 5.32 Å². The van der Waals surface area contributed by atoms with Crippen LogP contribution in [0.15, 0.2) is 69.7 Å². The van der Waals surface area contributed by atoms with Crippen molar-refractivity contribution in [2.45, 2.75) is 73.1 Å². The van der Waals surface area contributed by atoms with Gasteiger partial charge in [-0.25, -0.2) is 0 Å². The molecule has 4 heteroatoms. The van der Waals surface area contributed by atoms with E-state index in [-0.39, 0.29) is 0 Å². The van der Waals surface area contributed by atoms with Gasteiger partial charge in [-0.2, -0.15) is 0 Å². The number of nitrogens with zero attached hydrogens (tertiary/aromatic N) is 2. The van der Waals surface area contributed by atoms with Gasteiger partial charge < -0.3 is 5.32 Å². The quantitative estimate of drug-likeness (QED) is 0.359. The molecule has 0 spiro atoms. The molecule has 0 radical (unpaired) electrons. The highest BCUT2D eigenvalue weighted by molar-refractivity contribution is 8.13. The molecule has 32 heavy (non-hydrogen) atoms. The predicted molar refractivity (Wildman–Crippen MR) is 151 cm³/mol. The molecule has 180 valence electrons. The van der Waals surface area contributed by atoms with Gasteiger partial charge in [-0.1, -0.05) is 95.9 Å². The van der Waals surface area contributed by atoms with E-state index in [1.165, 1.54) is 36.8 Å². The van der Waals surface area contributed by atoms with E-state index in [0.717, 1.165) is 49.8 Å². The van der Waals surface area contributed by atoms with Crippen molar-refractivity contribution >= 4 is 22.5 Å². The van der Waals surface area contributed by atoms with Gasteiger partial charge in [-0.15, -0.1) is 11.8 Å². The molecule has 0 fully saturated rings. The number of thioether (sulfide) groups is 1. The first-order valence-electron chi connectivity index (χ1n) is 12.5. The standard InChI is InChI=1S/C24H35N3S.2C2H6/c1-3-4-5-9-15-25-20-23-19-22(11-8-6-7-10-16-26-23)18-21-12-13-24(28-2)27-17-14-21;2*1-2/h6-8,10,12-14,19,25H,3-5,9,11,15-18,20H2,1-2H3;2*1-2H3/b8-6-,10-7-,22-19+,26-23?;;. The highest BCUT2D eigenvalue weighted by atomic mass is 32.2. The van der Waals surface area contributed by atoms with E-state index in [2.05, 4.69) is 72.1 Å². The lowest BCUT2D eigenvalue weighted by atomic mass is 9.99. The maximum absolute atomic E-state index is 4.80. The molecular weight excluding hydrogens is 410 g/mol. The first-order chi connectivity index (χ1) is 15.8. The van der Waals surface area contributed by atoms with Crippen molar-refractivity contribution < 1.29 is 0 Å². The number of aliphatic imine (C=N–C) groups is 2. The molecule has 0 saturated carbocycles. The molecule has 0 aromatic rings. The Labute approximate surface area is 203 Å². The summed E-state index contributed by atoms with van der Waals surface area (Å²) < 4.78 is 0. The van der Waals surface area contributed by atoms with E-state index in [1.807, 2.05) is 27.7 Å². The fraction of sp³-hybridized carbons (Fsp3) is 0.571. The molecule has 0 aromatic carbocycles. The van der Waals surface area contributed by atoms with Gasteiger partial charge in [-0.05, 0) is 49.8 Å². The fourth-order valence-corrected chi connectivity index (χ4v) is 3.56. The van der Waals surface area contributed by atoms with Crippen molar-refractivity contribution in [3.63, 3.8) is 0 Å². The number of hydrogen-bond donors (Lipinski definition) is 1. The largest absolute Gasteiger partial charge is 0.311 e. The highest BCUT2D eigenvalue weighted by Crippen LogP contribution is 2.19. The van der Waals surface area contributed by atoms with Crippen LogP contribution in [0, 0.1) is 0 Å². The van der Waals surface area contributed by atoms with Gasteiger partial charge in [0.1, 0.15) is 0 Å². The number of rotatable bonds is 9. The van der Waals surface area contributed by atoms with Crippen LogP contribution in [0.2, 0.25) is 0 Å². The van der Waals surface area contributed by atoms with Crippen molar-refractivity contribution in [2.24, 2.45) is 9.98 Å². The summed E-state index contributed by atoms with van der Waals surface area (Å²) in [5.41, 5.74) is 3.90. The van der Waals surface area contributed by atoms with Gasteiger partial charge >= 0.3 is 0 Å². The van der Waals surface area contributed by atoms with Crippen LogP contribution in [0.3, 0.4) is 0 Å². The number of unbranched alkanes of at least 4 members (excludes halogenated alkanes) is 3. The van der Waals surface area contributed by atoms with Crippen molar-refractivity contribution in [3.8, 4) is 0 Å². The van der Waals surface area contributed by atoms with Crippen LogP contribution in [0.4, 0.5) is 0 Å². The second kappa shape index (κ2) is 22.5. The van der Waals surface area contributed by atoms with Gasteiger partial charge in [-0.3, -0.25) is 9.98 Å². The average Bonchev–Trinajstić information content (AvgIpc) is 3.08. The summed E-state index contributed by atoms with van der Waals surface area (Å²) in [4.78, 5) is 9.37. The Morgan fingerprint density at radius 1 is 0.938 bits per heavy atom. The van der Waals surface area contributed by atoms with Crippen LogP contribution in [0.5, 0.6) is 0 Å². The molecule has 0 saturated heterocycles. The molecule has 0 amide bonds. The third kappa shape index (κ3) is 15.2. The Balaban J connectivity index is 0.00000227. The first-order valence-corrected chi connectivity index (χ1v) is 13.7. The van der Waals surface area contributed by atoms with E-state index in [9.17, 15) is 0 Å². The summed E-state index contributed by atoms with van der Waals surface area (Å²) in [7, 11) is 0. The summed E-state index contributed by atoms with van der Waals surface area (Å²) in [5, 5.41) is 4.68. The third-order valence-corrected chi connectivity index (χ3v) is 5.41. The van der Waals surface area contributed by atoms with Gasteiger partial charge in [0.15, 0.2) is 0 Å². The Bertz CT molecular complexity index is 679. The highest BCUT2D eigenvalue weighted by Gasteiger charge is 2.05. The molecule has 0 unspecified atom stereocenters. The zero-order chi connectivity index (χ0) is 23.9. The van der Waals surface area contributed by atoms with Crippen LogP contribution in [0.25, 0.3) is 0 Å². The van der Waals surface area contributed by atoms with Crippen molar-refractivity contribution in [3.05, 3.63) is 59.8 Å². The average molecular weight is 458 g/mol. The maximum Gasteiger partial charge on any atom is 0.0905 e. The Morgan fingerprint density at radius 2 is 1.72 bits per heavy atom. The number of hydrogen-bond acceptors (Lipinski definition) is 4. The van der Waals surface area contributed by atoms with Gasteiger partial charge in [0.2, 0.25) is 0 Å². The molecular formula is C28H47N3S. The van der Waals surface area contributed by atoms with E-state index < -0.39 is 0 Å². The van der Waals surface area contributed by atoms with Crippen molar-refractivity contribution in [1.82, 2.24) is 5.32 Å². The molecule has 2 heterocycles. The second-order valence-corrected chi connectivity index (χ2v) is 7.93. The van der Waals surface area contributed by atoms with Crippen LogP contribution in [0.1, 0.15) is 73.1 Å². The smallest absolute Gasteiger partial charge is 0.0905 e. The molecule has 0 aromatic heterocycles. The molecule has 1 N–H and O–H groups in total. The zero-order valence-electron chi connectivity index (χ0n) is 21.5. The third-order valence-electron chi connectivity index (χ3n) is 4.73. The Hall–Kier alpha value is -1.65. The maximum atomic E-state index is 4.80. The van der Waals surface area contributed by atoms with Crippen LogP contribution in [-0.4, -0.2) is 43.2 Å². The zero-order valence-corrected chi connectivity index (χ0v) is 22.3. The second-order valence-electron chi connectivity index (χ2n) is 7.10. The minimum Gasteiger partial charge on any atom is -0.311 e. The lowest BCUT2D eigenvalue weighted by Crippen LogP contribution is -2.23. The lowest BCUT2D eigenvalue weighted by molar-refractivity contribution is 0.625. The molecule has 2 aliphatic heterocycles. The van der Waals surface area contributed by atoms with E-state index in [0.29, 0.717) is 0 Å². The van der Waals surface area contributed by atoms with Crippen molar-refractivity contribution in [2.75, 3.05) is 32.4 Å². The summed E-state index contributed by atoms with van der Waals surface area (Å²) in [6.45, 7) is 13.7. The summed E-state index contributed by atoms with van der Waals surface area (Å²) >= 11 is 1.70. The molecule has 2 rings (SSSR count). The van der Waals surface area contributed by atoms with Crippen LogP contribution >= 0.6 is 11.8 Å². The molecule has 0 aliphatic carbocycles. The van der Waals surface area contributed by atoms with Gasteiger partial charge in [0.05, 0.1) is 18.1 Å². The monoisotopic (exact) mass is 457 g/mol. The van der Waals surface area contributed by atoms with Gasteiger partial charge in [0.25, 0.3) is 0 Å². The summed E-state index contributed by atoms with van der Waals surface area (Å²) in [6.07, 6.45) is 26.7. The molecule has 0 atom stereocenters. The molecule has 0 bridgehead atoms. The van der Waals surface area contributed by atoms with E-state index >= 15 is 0 Å². The summed E-state index contributed by atoms with van der Waals surface area (Å²) in [6, 6.07) is 0. The lowest BCUT2D eigenvalue weighted by Gasteiger charge is -2.10. The SMILES string of the molecule is CC.CC.CCCCCCNCC1=NC/C=C\C=C/C/C(CC2=CCN=C(SC)C=C2)=C\1. The normalized spacial score (nSPS) is 19.3. The minimum atomic E-state index is 0.745. The van der Waals surface area contributed by atoms with E-state index in [4.69, 9.17) is 4.99 Å². The number of nitrogens with one attached hydrogen (secondary N) is 1. The summed E-state index contributed by atoms with van der Waals surface area (Å²) in [5.74, 6) is 0. The first kappa shape index (κ1) is 30.4. The Morgan fingerprint density at radius 3 is 2.47 bits per heavy atom. The minimum absolute atomic E-state index is 0.745. The predicted octanol–water partition coefficient (Wildman–Crippen LogP) is 7.74. The Kier molecular flexibility index (Phi) is 21.4. The molecule has 2 aliphatic rings. The van der Waals surface area contributed by atoms with Crippen LogP contribution in [-0.2, 0) is 0 Å². The molecule has 3 nitrogen and oxygen atoms in total.